The molecule has 0 saturated carbocycles. The van der Waals surface area contributed by atoms with Crippen LogP contribution in [0.2, 0.25) is 5.02 Å². The summed E-state index contributed by atoms with van der Waals surface area (Å²) < 4.78 is 0. The molecule has 0 atom stereocenters. The minimum atomic E-state index is -0.790. The molecule has 0 aromatic heterocycles. The molecule has 0 spiro atoms. The van der Waals surface area contributed by atoms with E-state index in [-0.39, 0.29) is 0 Å². The van der Waals surface area contributed by atoms with E-state index < -0.39 is 7.92 Å². The molecule has 0 saturated heterocycles. The normalized spacial score (nSPS) is 11.0. The van der Waals surface area contributed by atoms with Crippen molar-refractivity contribution in [1.82, 2.24) is 0 Å². The van der Waals surface area contributed by atoms with Crippen LogP contribution in [-0.2, 0) is 0 Å². The van der Waals surface area contributed by atoms with Crippen molar-refractivity contribution in [2.75, 3.05) is 5.32 Å². The SMILES string of the molecule is Cc1cc(C)c(-c2cccc(P(c3ccccc3)c3ccccc3)c2Nc2ccc(Cl)cc2)c(C)c1. The second-order valence-corrected chi connectivity index (χ2v) is 11.7. The topological polar surface area (TPSA) is 12.0 Å². The van der Waals surface area contributed by atoms with Crippen molar-refractivity contribution in [3.8, 4) is 11.1 Å². The Bertz CT molecular complexity index is 1420. The molecular formula is C33H29ClNP. The smallest absolute Gasteiger partial charge is 0.0548 e. The van der Waals surface area contributed by atoms with E-state index in [1.807, 2.05) is 24.3 Å². The Balaban J connectivity index is 1.79. The number of anilines is 2. The molecule has 1 N–H and O–H groups in total. The third-order valence-electron chi connectivity index (χ3n) is 6.37. The van der Waals surface area contributed by atoms with Gasteiger partial charge in [-0.2, -0.15) is 0 Å². The highest BCUT2D eigenvalue weighted by Gasteiger charge is 2.23. The molecule has 3 heteroatoms. The van der Waals surface area contributed by atoms with Gasteiger partial charge in [0.2, 0.25) is 0 Å². The van der Waals surface area contributed by atoms with Crippen LogP contribution < -0.4 is 21.2 Å². The quantitative estimate of drug-likeness (QED) is 0.228. The number of aryl methyl sites for hydroxylation is 3. The van der Waals surface area contributed by atoms with Gasteiger partial charge in [-0.25, -0.2) is 0 Å². The zero-order valence-corrected chi connectivity index (χ0v) is 22.4. The fourth-order valence-corrected chi connectivity index (χ4v) is 7.49. The summed E-state index contributed by atoms with van der Waals surface area (Å²) in [4.78, 5) is 0. The highest BCUT2D eigenvalue weighted by Crippen LogP contribution is 2.42. The molecule has 0 unspecified atom stereocenters. The van der Waals surface area contributed by atoms with Crippen molar-refractivity contribution < 1.29 is 0 Å². The van der Waals surface area contributed by atoms with Crippen molar-refractivity contribution in [3.63, 3.8) is 0 Å². The molecule has 5 aromatic rings. The summed E-state index contributed by atoms with van der Waals surface area (Å²) in [6.07, 6.45) is 0. The average molecular weight is 506 g/mol. The average Bonchev–Trinajstić information content (AvgIpc) is 2.88. The van der Waals surface area contributed by atoms with Crippen LogP contribution in [0.3, 0.4) is 0 Å². The van der Waals surface area contributed by atoms with E-state index >= 15 is 0 Å². The van der Waals surface area contributed by atoms with Crippen molar-refractivity contribution in [2.45, 2.75) is 20.8 Å². The van der Waals surface area contributed by atoms with Crippen LogP contribution >= 0.6 is 19.5 Å². The second kappa shape index (κ2) is 10.7. The van der Waals surface area contributed by atoms with Gasteiger partial charge in [-0.15, -0.1) is 0 Å². The Labute approximate surface area is 220 Å². The Kier molecular flexibility index (Phi) is 7.23. The molecule has 0 heterocycles. The number of rotatable bonds is 6. The van der Waals surface area contributed by atoms with E-state index in [0.29, 0.717) is 0 Å². The van der Waals surface area contributed by atoms with E-state index in [2.05, 4.69) is 117 Å². The Morgan fingerprint density at radius 3 is 1.72 bits per heavy atom. The maximum absolute atomic E-state index is 6.22. The van der Waals surface area contributed by atoms with Gasteiger partial charge in [-0.3, -0.25) is 0 Å². The third-order valence-corrected chi connectivity index (χ3v) is 9.11. The third kappa shape index (κ3) is 5.09. The van der Waals surface area contributed by atoms with E-state index in [1.165, 1.54) is 43.7 Å². The van der Waals surface area contributed by atoms with Gasteiger partial charge in [0, 0.05) is 21.6 Å². The highest BCUT2D eigenvalue weighted by molar-refractivity contribution is 7.80. The monoisotopic (exact) mass is 505 g/mol. The van der Waals surface area contributed by atoms with E-state index in [1.54, 1.807) is 0 Å². The zero-order chi connectivity index (χ0) is 25.1. The van der Waals surface area contributed by atoms with Crippen LogP contribution in [0, 0.1) is 20.8 Å². The van der Waals surface area contributed by atoms with Gasteiger partial charge in [0.15, 0.2) is 0 Å². The molecule has 36 heavy (non-hydrogen) atoms. The van der Waals surface area contributed by atoms with Crippen molar-refractivity contribution >= 4 is 46.8 Å². The predicted octanol–water partition coefficient (Wildman–Crippen LogP) is 8.43. The number of hydrogen-bond acceptors (Lipinski definition) is 1. The number of benzene rings is 5. The van der Waals surface area contributed by atoms with Crippen molar-refractivity contribution in [1.29, 1.82) is 0 Å². The first-order valence-electron chi connectivity index (χ1n) is 12.2. The van der Waals surface area contributed by atoms with Crippen LogP contribution in [0.4, 0.5) is 11.4 Å². The Hall–Kier alpha value is -3.38. The summed E-state index contributed by atoms with van der Waals surface area (Å²) in [6, 6.07) is 41.0. The molecule has 0 aliphatic rings. The van der Waals surface area contributed by atoms with Crippen LogP contribution in [0.25, 0.3) is 11.1 Å². The molecule has 0 radical (unpaired) electrons. The first-order chi connectivity index (χ1) is 17.5. The lowest BCUT2D eigenvalue weighted by Crippen LogP contribution is -2.23. The summed E-state index contributed by atoms with van der Waals surface area (Å²) >= 11 is 6.22. The number of hydrogen-bond donors (Lipinski definition) is 1. The lowest BCUT2D eigenvalue weighted by Gasteiger charge is -2.26. The Morgan fingerprint density at radius 1 is 0.611 bits per heavy atom. The number of nitrogens with one attached hydrogen (secondary N) is 1. The molecule has 5 aromatic carbocycles. The molecule has 178 valence electrons. The molecule has 0 fully saturated rings. The minimum Gasteiger partial charge on any atom is -0.354 e. The van der Waals surface area contributed by atoms with Gasteiger partial charge in [-0.05, 0) is 80.3 Å². The maximum atomic E-state index is 6.22. The van der Waals surface area contributed by atoms with Gasteiger partial charge >= 0.3 is 0 Å². The maximum Gasteiger partial charge on any atom is 0.0548 e. The Morgan fingerprint density at radius 2 is 1.17 bits per heavy atom. The standard InChI is InChI=1S/C33H29ClNP/c1-23-21-24(2)32(25(3)22-23)30-15-10-16-31(33(30)35-27-19-17-26(34)18-20-27)36(28-11-6-4-7-12-28)29-13-8-5-9-14-29/h4-22,35H,1-3H3. The van der Waals surface area contributed by atoms with E-state index in [0.717, 1.165) is 16.4 Å². The summed E-state index contributed by atoms with van der Waals surface area (Å²) in [5.74, 6) is 0. The molecule has 0 aliphatic carbocycles. The van der Waals surface area contributed by atoms with Gasteiger partial charge < -0.3 is 5.32 Å². The first kappa shape index (κ1) is 24.3. The molecule has 0 bridgehead atoms. The second-order valence-electron chi connectivity index (χ2n) is 9.11. The summed E-state index contributed by atoms with van der Waals surface area (Å²) in [7, 11) is -0.790. The lowest BCUT2D eigenvalue weighted by atomic mass is 9.92. The van der Waals surface area contributed by atoms with Crippen LogP contribution in [0.1, 0.15) is 16.7 Å². The molecule has 5 rings (SSSR count). The van der Waals surface area contributed by atoms with Crippen LogP contribution in [0.15, 0.2) is 115 Å². The molecule has 1 nitrogen and oxygen atoms in total. The van der Waals surface area contributed by atoms with E-state index in [9.17, 15) is 0 Å². The van der Waals surface area contributed by atoms with Gasteiger partial charge in [-0.1, -0.05) is 108 Å². The highest BCUT2D eigenvalue weighted by atomic mass is 35.5. The number of para-hydroxylation sites is 1. The van der Waals surface area contributed by atoms with Crippen molar-refractivity contribution in [3.05, 3.63) is 137 Å². The predicted molar refractivity (Wildman–Crippen MR) is 160 cm³/mol. The van der Waals surface area contributed by atoms with Gasteiger partial charge in [0.25, 0.3) is 0 Å². The fourth-order valence-electron chi connectivity index (χ4n) is 4.93. The summed E-state index contributed by atoms with van der Waals surface area (Å²) in [5.41, 5.74) is 8.53. The van der Waals surface area contributed by atoms with E-state index in [4.69, 9.17) is 11.6 Å². The summed E-state index contributed by atoms with van der Waals surface area (Å²) in [5, 5.41) is 8.50. The molecular weight excluding hydrogens is 477 g/mol. The van der Waals surface area contributed by atoms with Crippen LogP contribution in [0.5, 0.6) is 0 Å². The molecule has 0 amide bonds. The van der Waals surface area contributed by atoms with Crippen LogP contribution in [-0.4, -0.2) is 0 Å². The van der Waals surface area contributed by atoms with Gasteiger partial charge in [0.05, 0.1) is 5.69 Å². The van der Waals surface area contributed by atoms with Crippen molar-refractivity contribution in [2.24, 2.45) is 0 Å². The fraction of sp³-hybridized carbons (Fsp3) is 0.0909. The molecule has 0 aliphatic heterocycles. The largest absolute Gasteiger partial charge is 0.354 e. The first-order valence-corrected chi connectivity index (χ1v) is 13.9. The lowest BCUT2D eigenvalue weighted by molar-refractivity contribution is 1.32. The minimum absolute atomic E-state index is 0.732. The summed E-state index contributed by atoms with van der Waals surface area (Å²) in [6.45, 7) is 6.59. The van der Waals surface area contributed by atoms with Gasteiger partial charge in [0.1, 0.15) is 0 Å². The number of halogens is 1. The zero-order valence-electron chi connectivity index (χ0n) is 20.8.